The minimum Gasteiger partial charge on any atom is -0.462 e. The topological polar surface area (TPSA) is 119 Å². The first-order chi connectivity index (χ1) is 22.7. The first kappa shape index (κ1) is 36.5. The number of amides is 1. The highest BCUT2D eigenvalue weighted by Crippen LogP contribution is 2.88. The van der Waals surface area contributed by atoms with Crippen LogP contribution in [-0.2, 0) is 33.4 Å². The van der Waals surface area contributed by atoms with E-state index in [0.29, 0.717) is 18.6 Å². The first-order valence-electron chi connectivity index (χ1n) is 18.3. The predicted molar refractivity (Wildman–Crippen MR) is 187 cm³/mol. The van der Waals surface area contributed by atoms with Crippen LogP contribution in [0, 0.1) is 57.7 Å². The van der Waals surface area contributed by atoms with Gasteiger partial charge in [-0.05, 0) is 107 Å². The van der Waals surface area contributed by atoms with Crippen molar-refractivity contribution in [1.82, 2.24) is 10.2 Å². The third-order valence-corrected chi connectivity index (χ3v) is 16.3. The molecule has 1 aromatic rings. The van der Waals surface area contributed by atoms with Crippen LogP contribution in [0.15, 0.2) is 29.2 Å². The molecule has 11 atom stereocenters. The van der Waals surface area contributed by atoms with Crippen LogP contribution >= 0.6 is 0 Å². The molecule has 49 heavy (non-hydrogen) atoms. The number of rotatable bonds is 9. The summed E-state index contributed by atoms with van der Waals surface area (Å²) < 4.78 is 39.1. The zero-order valence-electron chi connectivity index (χ0n) is 31.2. The molecule has 9 nitrogen and oxygen atoms in total. The molecular weight excluding hydrogens is 641 g/mol. The van der Waals surface area contributed by atoms with Crippen LogP contribution in [0.4, 0.5) is 0 Å². The van der Waals surface area contributed by atoms with Gasteiger partial charge in [0.05, 0.1) is 11.5 Å². The highest BCUT2D eigenvalue weighted by atomic mass is 32.2. The molecule has 0 aliphatic heterocycles. The number of hydrogen-bond acceptors (Lipinski definition) is 8. The summed E-state index contributed by atoms with van der Waals surface area (Å²) in [6.07, 6.45) is 4.80. The van der Waals surface area contributed by atoms with Gasteiger partial charge in [0, 0.05) is 48.1 Å². The van der Waals surface area contributed by atoms with E-state index in [2.05, 4.69) is 52.0 Å². The van der Waals surface area contributed by atoms with Crippen molar-refractivity contribution in [3.05, 3.63) is 29.8 Å². The van der Waals surface area contributed by atoms with Crippen molar-refractivity contribution >= 4 is 27.8 Å². The first-order valence-corrected chi connectivity index (χ1v) is 19.7. The number of Topliss-reactive ketones (excluding diaryl/α,β-unsaturated/α-hetero) is 1. The van der Waals surface area contributed by atoms with E-state index in [4.69, 9.17) is 8.92 Å². The maximum absolute atomic E-state index is 15.0. The summed E-state index contributed by atoms with van der Waals surface area (Å²) in [5, 5.41) is 3.29. The Hall–Kier alpha value is -2.30. The lowest BCUT2D eigenvalue weighted by Crippen LogP contribution is -2.64. The lowest BCUT2D eigenvalue weighted by Gasteiger charge is -2.63. The number of benzene rings is 1. The standard InChI is InChI=1S/C39H58N2O7S/c1-23(2)34(44)40-31-17-18-38-21-39(38)30(16-15-29(38)35(31,6)22-47-49(45,46)27-13-11-24(3)12-14-27)36(7)19-28(48-26(5)42)33(25(4)41(9)10)37(36,8)20-32(39)43/h11-14,23,25,28-31,33H,15-22H2,1-10H3,(H,40,44)/t25-,28+,29-,30?,31?,33?,35-,36-,37?,38?,39?/m0/s1. The Morgan fingerprint density at radius 3 is 2.22 bits per heavy atom. The van der Waals surface area contributed by atoms with Crippen molar-refractivity contribution in [2.75, 3.05) is 20.7 Å². The van der Waals surface area contributed by atoms with Gasteiger partial charge in [-0.2, -0.15) is 8.42 Å². The monoisotopic (exact) mass is 698 g/mol. The zero-order valence-corrected chi connectivity index (χ0v) is 32.0. The summed E-state index contributed by atoms with van der Waals surface area (Å²) >= 11 is 0. The summed E-state index contributed by atoms with van der Waals surface area (Å²) in [5.41, 5.74) is -1.13. The number of hydrogen-bond donors (Lipinski definition) is 1. The number of nitrogens with one attached hydrogen (secondary N) is 1. The van der Waals surface area contributed by atoms with E-state index in [9.17, 15) is 22.8 Å². The summed E-state index contributed by atoms with van der Waals surface area (Å²) in [7, 11) is 0.0566. The fourth-order valence-corrected chi connectivity index (χ4v) is 13.2. The average molecular weight is 699 g/mol. The highest BCUT2D eigenvalue weighted by molar-refractivity contribution is 7.86. The van der Waals surface area contributed by atoms with E-state index in [0.717, 1.165) is 37.7 Å². The number of aryl methyl sites for hydroxylation is 1. The Morgan fingerprint density at radius 1 is 1.00 bits per heavy atom. The average Bonchev–Trinajstić information content (AvgIpc) is 3.65. The molecule has 10 heteroatoms. The highest BCUT2D eigenvalue weighted by Gasteiger charge is 2.86. The van der Waals surface area contributed by atoms with Crippen LogP contribution in [0.1, 0.15) is 99.0 Å². The summed E-state index contributed by atoms with van der Waals surface area (Å²) in [6.45, 7) is 16.0. The van der Waals surface area contributed by atoms with Crippen molar-refractivity contribution in [1.29, 1.82) is 0 Å². The minimum atomic E-state index is -4.05. The molecule has 1 aromatic carbocycles. The van der Waals surface area contributed by atoms with Crippen molar-refractivity contribution in [3.63, 3.8) is 0 Å². The van der Waals surface area contributed by atoms with Crippen molar-refractivity contribution in [2.45, 2.75) is 123 Å². The molecule has 0 radical (unpaired) electrons. The fraction of sp³-hybridized carbons (Fsp3) is 0.769. The molecule has 5 saturated carbocycles. The van der Waals surface area contributed by atoms with Crippen LogP contribution in [0.25, 0.3) is 0 Å². The second-order valence-corrected chi connectivity index (χ2v) is 19.4. The molecule has 6 rings (SSSR count). The Labute approximate surface area is 293 Å². The summed E-state index contributed by atoms with van der Waals surface area (Å²) in [6, 6.07) is 6.49. The molecule has 5 aliphatic rings. The number of nitrogens with zero attached hydrogens (tertiary/aromatic N) is 1. The van der Waals surface area contributed by atoms with E-state index in [-0.39, 0.29) is 81.5 Å². The second kappa shape index (κ2) is 11.9. The fourth-order valence-electron chi connectivity index (χ4n) is 12.2. The number of ketones is 1. The normalized spacial score (nSPS) is 41.7. The lowest BCUT2D eigenvalue weighted by molar-refractivity contribution is -0.173. The Morgan fingerprint density at radius 2 is 1.63 bits per heavy atom. The van der Waals surface area contributed by atoms with E-state index in [1.165, 1.54) is 6.92 Å². The SMILES string of the molecule is CC(=O)O[C@@H]1C[C@@]2(C)C3CC[C@@H]4C5(CCC(NC(=O)C(C)C)[C@@]4(C)COS(=O)(=O)c4ccc(C)cc4)CC35C(=O)CC2(C)C1[C@H](C)N(C)C. The van der Waals surface area contributed by atoms with Crippen molar-refractivity contribution in [2.24, 2.45) is 50.7 Å². The zero-order chi connectivity index (χ0) is 36.1. The molecule has 0 aromatic heterocycles. The van der Waals surface area contributed by atoms with Gasteiger partial charge in [0.15, 0.2) is 0 Å². The Kier molecular flexibility index (Phi) is 8.84. The third kappa shape index (κ3) is 5.19. The maximum Gasteiger partial charge on any atom is 0.302 e. The van der Waals surface area contributed by atoms with Crippen LogP contribution in [-0.4, -0.2) is 69.9 Å². The van der Waals surface area contributed by atoms with Crippen LogP contribution in [0.3, 0.4) is 0 Å². The molecule has 0 saturated heterocycles. The predicted octanol–water partition coefficient (Wildman–Crippen LogP) is 5.93. The van der Waals surface area contributed by atoms with Crippen molar-refractivity contribution in [3.8, 4) is 0 Å². The lowest BCUT2D eigenvalue weighted by atomic mass is 9.41. The Balaban J connectivity index is 1.37. The molecule has 1 N–H and O–H groups in total. The molecule has 5 aliphatic carbocycles. The van der Waals surface area contributed by atoms with Gasteiger partial charge in [-0.15, -0.1) is 0 Å². The number of fused-ring (bicyclic) bond motifs is 2. The number of carbonyl (C=O) groups excluding carboxylic acids is 3. The number of carbonyl (C=O) groups is 3. The molecule has 5 fully saturated rings. The Bertz CT molecular complexity index is 1630. The van der Waals surface area contributed by atoms with Gasteiger partial charge in [0.1, 0.15) is 11.9 Å². The van der Waals surface area contributed by atoms with E-state index in [1.807, 2.05) is 20.8 Å². The van der Waals surface area contributed by atoms with E-state index < -0.39 is 20.9 Å². The van der Waals surface area contributed by atoms with E-state index in [1.54, 1.807) is 24.3 Å². The molecular formula is C39H58N2O7S. The summed E-state index contributed by atoms with van der Waals surface area (Å²) in [4.78, 5) is 42.9. The smallest absolute Gasteiger partial charge is 0.302 e. The number of esters is 1. The molecule has 6 unspecified atom stereocenters. The van der Waals surface area contributed by atoms with Crippen LogP contribution < -0.4 is 5.32 Å². The van der Waals surface area contributed by atoms with Gasteiger partial charge in [-0.25, -0.2) is 0 Å². The molecule has 272 valence electrons. The van der Waals surface area contributed by atoms with Crippen LogP contribution in [0.2, 0.25) is 0 Å². The summed E-state index contributed by atoms with van der Waals surface area (Å²) in [5.74, 6) is -0.105. The van der Waals surface area contributed by atoms with Crippen LogP contribution in [0.5, 0.6) is 0 Å². The molecule has 1 amide bonds. The van der Waals surface area contributed by atoms with Gasteiger partial charge in [0.2, 0.25) is 5.91 Å². The van der Waals surface area contributed by atoms with Gasteiger partial charge >= 0.3 is 5.97 Å². The maximum atomic E-state index is 15.0. The van der Waals surface area contributed by atoms with E-state index >= 15 is 0 Å². The molecule has 0 heterocycles. The second-order valence-electron chi connectivity index (χ2n) is 17.8. The van der Waals surface area contributed by atoms with Gasteiger partial charge < -0.3 is 15.0 Å². The molecule has 0 bridgehead atoms. The largest absolute Gasteiger partial charge is 0.462 e. The van der Waals surface area contributed by atoms with Gasteiger partial charge in [0.25, 0.3) is 10.1 Å². The molecule has 2 spiro atoms. The van der Waals surface area contributed by atoms with Gasteiger partial charge in [-0.3, -0.25) is 18.6 Å². The quantitative estimate of drug-likeness (QED) is 0.249. The number of ether oxygens (including phenoxy) is 1. The minimum absolute atomic E-state index is 0.00486. The third-order valence-electron chi connectivity index (χ3n) is 15.0. The van der Waals surface area contributed by atoms with Gasteiger partial charge in [-0.1, -0.05) is 52.3 Å². The van der Waals surface area contributed by atoms with Crippen molar-refractivity contribution < 1.29 is 31.7 Å².